The van der Waals surface area contributed by atoms with Gasteiger partial charge in [-0.25, -0.2) is 9.13 Å². The number of nitrogens with zero attached hydrogens (tertiary/aromatic N) is 2. The number of aromatic nitrogens is 2. The number of rotatable bonds is 6. The average molecular weight is 479 g/mol. The van der Waals surface area contributed by atoms with E-state index in [4.69, 9.17) is 0 Å². The Balaban J connectivity index is 0. The lowest BCUT2D eigenvalue weighted by atomic mass is 10.3. The van der Waals surface area contributed by atoms with Gasteiger partial charge in [0.1, 0.15) is 13.1 Å². The lowest BCUT2D eigenvalue weighted by molar-refractivity contribution is -0.697. The second kappa shape index (κ2) is 16.9. The van der Waals surface area contributed by atoms with Gasteiger partial charge < -0.3 is 41.0 Å². The Labute approximate surface area is 163 Å². The van der Waals surface area contributed by atoms with Crippen molar-refractivity contribution in [1.82, 2.24) is 0 Å². The van der Waals surface area contributed by atoms with E-state index < -0.39 is 0 Å². The maximum atomic E-state index is 2.21. The molecule has 2 rings (SSSR count). The molecule has 0 saturated heterocycles. The van der Waals surface area contributed by atoms with E-state index in [1.54, 1.807) is 0 Å². The second-order valence-electron chi connectivity index (χ2n) is 4.93. The minimum absolute atomic E-state index is 0. The lowest BCUT2D eigenvalue weighted by Crippen LogP contribution is -3.00. The summed E-state index contributed by atoms with van der Waals surface area (Å²) in [5, 5.41) is 0. The number of hydrogen-bond acceptors (Lipinski definition) is 0. The van der Waals surface area contributed by atoms with Crippen LogP contribution in [0.2, 0.25) is 0 Å². The number of halogens is 2. The van der Waals surface area contributed by atoms with E-state index in [2.05, 4.69) is 72.0 Å². The Morgan fingerprint density at radius 2 is 0.909 bits per heavy atom. The van der Waals surface area contributed by atoms with Crippen molar-refractivity contribution in [2.75, 3.05) is 0 Å². The summed E-state index contributed by atoms with van der Waals surface area (Å²) in [6.07, 6.45) is 13.5. The van der Waals surface area contributed by atoms with Gasteiger partial charge in [-0.2, -0.15) is 0 Å². The molecule has 0 unspecified atom stereocenters. The highest BCUT2D eigenvalue weighted by Gasteiger charge is 1.94. The van der Waals surface area contributed by atoms with Crippen molar-refractivity contribution in [2.24, 2.45) is 0 Å². The third-order valence-electron chi connectivity index (χ3n) is 3.09. The van der Waals surface area contributed by atoms with Crippen LogP contribution in [-0.4, -0.2) is 0 Å². The van der Waals surface area contributed by atoms with E-state index in [1.165, 1.54) is 25.7 Å². The van der Waals surface area contributed by atoms with Gasteiger partial charge in [-0.15, -0.1) is 0 Å². The van der Waals surface area contributed by atoms with E-state index in [-0.39, 0.29) is 41.0 Å². The van der Waals surface area contributed by atoms with Crippen molar-refractivity contribution in [1.29, 1.82) is 0 Å². The molecular formula is C18H28BrIN2. The van der Waals surface area contributed by atoms with Gasteiger partial charge in [0.2, 0.25) is 0 Å². The minimum Gasteiger partial charge on any atom is -1.00 e. The Morgan fingerprint density at radius 1 is 0.591 bits per heavy atom. The summed E-state index contributed by atoms with van der Waals surface area (Å²) >= 11 is 0. The highest BCUT2D eigenvalue weighted by atomic mass is 127. The van der Waals surface area contributed by atoms with Gasteiger partial charge in [-0.1, -0.05) is 38.8 Å². The predicted octanol–water partition coefficient (Wildman–Crippen LogP) is -2.44. The van der Waals surface area contributed by atoms with Crippen LogP contribution >= 0.6 is 0 Å². The van der Waals surface area contributed by atoms with E-state index in [1.807, 2.05) is 12.1 Å². The molecule has 0 bridgehead atoms. The van der Waals surface area contributed by atoms with E-state index in [9.17, 15) is 0 Å². The largest absolute Gasteiger partial charge is 1.00 e. The Hall–Kier alpha value is -0.490. The van der Waals surface area contributed by atoms with Gasteiger partial charge in [0, 0.05) is 37.1 Å². The molecule has 4 heteroatoms. The number of hydrogen-bond donors (Lipinski definition) is 0. The molecule has 0 spiro atoms. The molecular weight excluding hydrogens is 451 g/mol. The van der Waals surface area contributed by atoms with Crippen LogP contribution in [0.1, 0.15) is 39.5 Å². The minimum atomic E-state index is 0. The molecule has 0 aliphatic carbocycles. The normalized spacial score (nSPS) is 8.82. The topological polar surface area (TPSA) is 7.76 Å². The molecule has 0 atom stereocenters. The van der Waals surface area contributed by atoms with E-state index in [0.29, 0.717) is 0 Å². The molecule has 0 aliphatic heterocycles. The lowest BCUT2D eigenvalue weighted by Gasteiger charge is -1.91. The second-order valence-corrected chi connectivity index (χ2v) is 4.93. The van der Waals surface area contributed by atoms with Crippen molar-refractivity contribution < 1.29 is 50.1 Å². The average Bonchev–Trinajstić information content (AvgIpc) is 2.53. The first-order valence-electron chi connectivity index (χ1n) is 7.75. The summed E-state index contributed by atoms with van der Waals surface area (Å²) in [6.45, 7) is 6.72. The molecule has 0 aromatic carbocycles. The highest BCUT2D eigenvalue weighted by molar-refractivity contribution is 4.84. The maximum absolute atomic E-state index is 2.21. The zero-order chi connectivity index (χ0) is 14.5. The summed E-state index contributed by atoms with van der Waals surface area (Å²) < 4.78 is 4.42. The van der Waals surface area contributed by atoms with Crippen molar-refractivity contribution in [2.45, 2.75) is 52.6 Å². The van der Waals surface area contributed by atoms with Gasteiger partial charge in [0.15, 0.2) is 24.8 Å². The highest BCUT2D eigenvalue weighted by Crippen LogP contribution is 1.86. The molecule has 0 N–H and O–H groups in total. The molecule has 2 aromatic rings. The Bertz CT molecular complexity index is 394. The summed E-state index contributed by atoms with van der Waals surface area (Å²) in [5.41, 5.74) is 0. The molecule has 124 valence electrons. The Kier molecular flexibility index (Phi) is 18.2. The first-order valence-corrected chi connectivity index (χ1v) is 7.75. The quantitative estimate of drug-likeness (QED) is 0.322. The van der Waals surface area contributed by atoms with Gasteiger partial charge >= 0.3 is 0 Å². The zero-order valence-electron chi connectivity index (χ0n) is 13.7. The first kappa shape index (κ1) is 23.8. The first-order chi connectivity index (χ1) is 9.86. The van der Waals surface area contributed by atoms with Crippen molar-refractivity contribution >= 4 is 0 Å². The molecule has 0 amide bonds. The fourth-order valence-corrected chi connectivity index (χ4v) is 1.85. The third kappa shape index (κ3) is 12.1. The van der Waals surface area contributed by atoms with Gasteiger partial charge in [0.25, 0.3) is 0 Å². The summed E-state index contributed by atoms with van der Waals surface area (Å²) in [4.78, 5) is 0. The standard InChI is InChI=1S/2C9H14N.BrH.HI/c2*1-2-3-7-10-8-5-4-6-9-10;;/h2*4-6,8-9H,2-3,7H2,1H3;2*1H/q2*+1;;/p-2. The van der Waals surface area contributed by atoms with E-state index >= 15 is 0 Å². The number of aryl methyl sites for hydroxylation is 2. The predicted molar refractivity (Wildman–Crippen MR) is 83.1 cm³/mol. The fraction of sp³-hybridized carbons (Fsp3) is 0.444. The van der Waals surface area contributed by atoms with Crippen LogP contribution in [0, 0.1) is 0 Å². The zero-order valence-corrected chi connectivity index (χ0v) is 17.4. The van der Waals surface area contributed by atoms with Gasteiger partial charge in [-0.05, 0) is 0 Å². The van der Waals surface area contributed by atoms with Crippen LogP contribution in [0.15, 0.2) is 61.2 Å². The van der Waals surface area contributed by atoms with Gasteiger partial charge in [-0.3, -0.25) is 0 Å². The van der Waals surface area contributed by atoms with Crippen molar-refractivity contribution in [3.63, 3.8) is 0 Å². The van der Waals surface area contributed by atoms with Crippen LogP contribution in [0.5, 0.6) is 0 Å². The fourth-order valence-electron chi connectivity index (χ4n) is 1.85. The number of unbranched alkanes of at least 4 members (excludes halogenated alkanes) is 2. The van der Waals surface area contributed by atoms with Crippen LogP contribution in [0.4, 0.5) is 0 Å². The third-order valence-corrected chi connectivity index (χ3v) is 3.09. The van der Waals surface area contributed by atoms with Crippen LogP contribution in [0.25, 0.3) is 0 Å². The van der Waals surface area contributed by atoms with E-state index in [0.717, 1.165) is 13.1 Å². The molecule has 0 aliphatic rings. The van der Waals surface area contributed by atoms with Crippen LogP contribution in [-0.2, 0) is 13.1 Å². The van der Waals surface area contributed by atoms with Crippen LogP contribution < -0.4 is 50.1 Å². The molecule has 0 fully saturated rings. The molecule has 0 radical (unpaired) electrons. The smallest absolute Gasteiger partial charge is 0.168 e. The van der Waals surface area contributed by atoms with Crippen molar-refractivity contribution in [3.8, 4) is 0 Å². The summed E-state index contributed by atoms with van der Waals surface area (Å²) in [5.74, 6) is 0. The molecule has 2 aromatic heterocycles. The molecule has 2 heterocycles. The van der Waals surface area contributed by atoms with Crippen molar-refractivity contribution in [3.05, 3.63) is 61.2 Å². The van der Waals surface area contributed by atoms with Crippen LogP contribution in [0.3, 0.4) is 0 Å². The van der Waals surface area contributed by atoms with Gasteiger partial charge in [0.05, 0.1) is 0 Å². The Morgan fingerprint density at radius 3 is 1.18 bits per heavy atom. The SMILES string of the molecule is CCCC[n+]1ccccc1.CCCC[n+]1ccccc1.[Br-].[I-]. The monoisotopic (exact) mass is 478 g/mol. The molecule has 0 saturated carbocycles. The number of pyridine rings is 2. The summed E-state index contributed by atoms with van der Waals surface area (Å²) in [7, 11) is 0. The summed E-state index contributed by atoms with van der Waals surface area (Å²) in [6, 6.07) is 12.3. The molecule has 2 nitrogen and oxygen atoms in total. The maximum Gasteiger partial charge on any atom is 0.168 e. The molecule has 22 heavy (non-hydrogen) atoms.